The molecule has 7 atom stereocenters. The number of nitrogens with one attached hydrogen (secondary N) is 5. The SMILES string of the molecule is CCNC1C=C2C=CCCC2CC1COC(=O)C12OC1(CC=C(C)CC(NC(N)=NC)C1=CCNC3=C1CCC(NC)N3)C(=O)c1cccc(CC(C)C)c1C2=O. The van der Waals surface area contributed by atoms with E-state index in [0.29, 0.717) is 36.8 Å². The number of hydrogen-bond acceptors (Lipinski definition) is 10. The van der Waals surface area contributed by atoms with Gasteiger partial charge in [0.05, 0.1) is 18.8 Å². The van der Waals surface area contributed by atoms with Crippen molar-refractivity contribution < 1.29 is 23.9 Å². The molecular weight excluding hydrogens is 719 g/mol. The highest BCUT2D eigenvalue weighted by molar-refractivity contribution is 6.33. The van der Waals surface area contributed by atoms with Crippen molar-refractivity contribution in [2.24, 2.45) is 28.5 Å². The van der Waals surface area contributed by atoms with Gasteiger partial charge in [0.1, 0.15) is 5.82 Å². The molecule has 1 fully saturated rings. The molecule has 57 heavy (non-hydrogen) atoms. The molecule has 0 saturated carbocycles. The van der Waals surface area contributed by atoms with Crippen LogP contribution in [0.5, 0.6) is 0 Å². The Bertz CT molecular complexity index is 1960. The number of rotatable bonds is 14. The molecule has 0 aromatic heterocycles. The van der Waals surface area contributed by atoms with Gasteiger partial charge in [0.2, 0.25) is 5.78 Å². The third kappa shape index (κ3) is 7.64. The molecule has 7 N–H and O–H groups in total. The van der Waals surface area contributed by atoms with Crippen LogP contribution in [0.3, 0.4) is 0 Å². The number of Topliss-reactive ketones (excluding diaryl/α,β-unsaturated/α-hetero) is 2. The quantitative estimate of drug-likeness (QED) is 0.0393. The first kappa shape index (κ1) is 40.7. The lowest BCUT2D eigenvalue weighted by Crippen LogP contribution is -2.51. The van der Waals surface area contributed by atoms with Crippen LogP contribution in [0, 0.1) is 17.8 Å². The summed E-state index contributed by atoms with van der Waals surface area (Å²) < 4.78 is 12.5. The number of nitrogens with zero attached hydrogens (tertiary/aromatic N) is 1. The van der Waals surface area contributed by atoms with E-state index in [-0.39, 0.29) is 54.5 Å². The van der Waals surface area contributed by atoms with Crippen molar-refractivity contribution in [2.75, 3.05) is 33.8 Å². The van der Waals surface area contributed by atoms with Crippen molar-refractivity contribution in [1.82, 2.24) is 26.6 Å². The van der Waals surface area contributed by atoms with Crippen molar-refractivity contribution in [3.8, 4) is 0 Å². The highest BCUT2D eigenvalue weighted by Gasteiger charge is 2.85. The van der Waals surface area contributed by atoms with Gasteiger partial charge in [-0.3, -0.25) is 14.6 Å². The van der Waals surface area contributed by atoms with Crippen molar-refractivity contribution in [3.05, 3.63) is 93.4 Å². The lowest BCUT2D eigenvalue weighted by Gasteiger charge is -2.36. The summed E-state index contributed by atoms with van der Waals surface area (Å²) >= 11 is 0. The number of ketones is 2. The molecule has 12 heteroatoms. The predicted octanol–water partition coefficient (Wildman–Crippen LogP) is 4.51. The summed E-state index contributed by atoms with van der Waals surface area (Å²) in [6.45, 7) is 9.75. The van der Waals surface area contributed by atoms with E-state index in [0.717, 1.165) is 61.2 Å². The fraction of sp³-hybridized carbons (Fsp3) is 0.556. The summed E-state index contributed by atoms with van der Waals surface area (Å²) in [5.41, 5.74) is 8.45. The number of hydrogen-bond donors (Lipinski definition) is 6. The first-order valence-electron chi connectivity index (χ1n) is 20.9. The number of carbonyl (C=O) groups excluding carboxylic acids is 3. The zero-order valence-electron chi connectivity index (χ0n) is 34.4. The van der Waals surface area contributed by atoms with Crippen molar-refractivity contribution in [1.29, 1.82) is 0 Å². The first-order valence-corrected chi connectivity index (χ1v) is 20.9. The molecule has 0 radical (unpaired) electrons. The number of benzene rings is 1. The van der Waals surface area contributed by atoms with Crippen LogP contribution < -0.4 is 32.3 Å². The molecule has 1 saturated heterocycles. The molecule has 3 aliphatic carbocycles. The molecule has 3 aliphatic heterocycles. The van der Waals surface area contributed by atoms with Gasteiger partial charge in [-0.05, 0) is 99.6 Å². The molecule has 1 aromatic rings. The van der Waals surface area contributed by atoms with Gasteiger partial charge in [-0.25, -0.2) is 4.79 Å². The van der Waals surface area contributed by atoms with Crippen LogP contribution in [-0.4, -0.2) is 86.7 Å². The second-order valence-corrected chi connectivity index (χ2v) is 16.9. The van der Waals surface area contributed by atoms with Crippen LogP contribution >= 0.6 is 0 Å². The fourth-order valence-corrected chi connectivity index (χ4v) is 9.70. The van der Waals surface area contributed by atoms with Crippen LogP contribution in [0.4, 0.5) is 0 Å². The van der Waals surface area contributed by atoms with Gasteiger partial charge in [0.25, 0.3) is 5.60 Å². The van der Waals surface area contributed by atoms with Gasteiger partial charge < -0.3 is 41.8 Å². The van der Waals surface area contributed by atoms with E-state index in [1.807, 2.05) is 32.2 Å². The smallest absolute Gasteiger partial charge is 0.350 e. The maximum absolute atomic E-state index is 14.8. The van der Waals surface area contributed by atoms with Crippen LogP contribution in [0.1, 0.15) is 98.9 Å². The molecule has 6 aliphatic rings. The van der Waals surface area contributed by atoms with E-state index in [1.54, 1.807) is 13.1 Å². The second kappa shape index (κ2) is 16.8. The Morgan fingerprint density at radius 3 is 2.79 bits per heavy atom. The lowest BCUT2D eigenvalue weighted by molar-refractivity contribution is -0.150. The molecule has 0 spiro atoms. The number of fused-ring (bicyclic) bond motifs is 3. The van der Waals surface area contributed by atoms with Gasteiger partial charge in [0, 0.05) is 43.1 Å². The summed E-state index contributed by atoms with van der Waals surface area (Å²) in [6.07, 6.45) is 16.9. The van der Waals surface area contributed by atoms with E-state index < -0.39 is 23.0 Å². The van der Waals surface area contributed by atoms with Crippen LogP contribution in [0.2, 0.25) is 0 Å². The number of aliphatic imine (C=N–C) groups is 1. The minimum absolute atomic E-state index is 0.0194. The number of carbonyl (C=O) groups is 3. The number of allylic oxidation sites excluding steroid dienone is 3. The summed E-state index contributed by atoms with van der Waals surface area (Å²) in [5, 5.41) is 17.3. The minimum atomic E-state index is -2.05. The monoisotopic (exact) mass is 779 g/mol. The second-order valence-electron chi connectivity index (χ2n) is 16.9. The van der Waals surface area contributed by atoms with Gasteiger partial charge in [0.15, 0.2) is 17.3 Å². The van der Waals surface area contributed by atoms with Crippen molar-refractivity contribution in [3.63, 3.8) is 0 Å². The molecule has 0 bridgehead atoms. The van der Waals surface area contributed by atoms with Crippen LogP contribution in [0.15, 0.2) is 81.7 Å². The molecule has 1 aromatic carbocycles. The normalized spacial score (nSPS) is 29.9. The summed E-state index contributed by atoms with van der Waals surface area (Å²) in [7, 11) is 3.60. The van der Waals surface area contributed by atoms with Crippen molar-refractivity contribution in [2.45, 2.75) is 109 Å². The van der Waals surface area contributed by atoms with E-state index in [4.69, 9.17) is 15.2 Å². The van der Waals surface area contributed by atoms with Gasteiger partial charge in [-0.1, -0.05) is 74.9 Å². The number of nitrogens with two attached hydrogens (primary N) is 1. The third-order valence-electron chi connectivity index (χ3n) is 12.7. The average Bonchev–Trinajstić information content (AvgIpc) is 3.92. The first-order chi connectivity index (χ1) is 27.5. The Kier molecular flexibility index (Phi) is 12.0. The molecule has 306 valence electrons. The highest BCUT2D eigenvalue weighted by atomic mass is 16.7. The van der Waals surface area contributed by atoms with E-state index >= 15 is 0 Å². The topological polar surface area (TPSA) is 171 Å². The van der Waals surface area contributed by atoms with Gasteiger partial charge >= 0.3 is 5.97 Å². The number of guanidine groups is 1. The number of dihydropyridines is 1. The Hall–Kier alpha value is -4.52. The van der Waals surface area contributed by atoms with Crippen LogP contribution in [0.25, 0.3) is 0 Å². The summed E-state index contributed by atoms with van der Waals surface area (Å²) in [6, 6.07) is 5.20. The predicted molar refractivity (Wildman–Crippen MR) is 222 cm³/mol. The third-order valence-corrected chi connectivity index (χ3v) is 12.7. The van der Waals surface area contributed by atoms with Crippen molar-refractivity contribution >= 4 is 23.5 Å². The zero-order chi connectivity index (χ0) is 40.5. The average molecular weight is 780 g/mol. The zero-order valence-corrected chi connectivity index (χ0v) is 34.4. The largest absolute Gasteiger partial charge is 0.463 e. The lowest BCUT2D eigenvalue weighted by atomic mass is 9.70. The van der Waals surface area contributed by atoms with Crippen LogP contribution in [-0.2, 0) is 20.7 Å². The maximum atomic E-state index is 14.8. The molecule has 0 amide bonds. The number of ether oxygens (including phenoxy) is 2. The number of likely N-dealkylation sites (N-methyl/N-ethyl adjacent to an activating group) is 1. The Labute approximate surface area is 337 Å². The van der Waals surface area contributed by atoms with E-state index in [1.165, 1.54) is 11.1 Å². The summed E-state index contributed by atoms with van der Waals surface area (Å²) in [4.78, 5) is 48.3. The van der Waals surface area contributed by atoms with Gasteiger partial charge in [-0.15, -0.1) is 0 Å². The molecule has 3 heterocycles. The Morgan fingerprint density at radius 2 is 2.04 bits per heavy atom. The Balaban J connectivity index is 1.18. The van der Waals surface area contributed by atoms with Gasteiger partial charge in [-0.2, -0.15) is 0 Å². The maximum Gasteiger partial charge on any atom is 0.350 e. The minimum Gasteiger partial charge on any atom is -0.463 e. The fourth-order valence-electron chi connectivity index (χ4n) is 9.70. The summed E-state index contributed by atoms with van der Waals surface area (Å²) in [5.74, 6) is 0.365. The standard InChI is InChI=1S/C45H61N7O5/c1-7-49-35-24-29-12-9-8-11-28(29)23-31(35)25-56-42(55)45-40(54)38-30(21-26(2)3)13-10-14-34(38)39(53)44(45,57-45)19-17-27(4)22-36(51-43(46)48-6)32-18-20-50-41-33(32)15-16-37(47-5)52-41/h9-10,12-14,17-18,24,26,28,31,35-37,47,49-50,52H,7-8,11,15-16,19-23,25H2,1-6H3,(H3,46,48,51). The van der Waals surface area contributed by atoms with E-state index in [9.17, 15) is 14.4 Å². The molecule has 7 rings (SSSR count). The highest BCUT2D eigenvalue weighted by Crippen LogP contribution is 2.59. The molecule has 12 nitrogen and oxygen atoms in total. The number of epoxide rings is 1. The molecular formula is C45H61N7O5. The molecule has 7 unspecified atom stereocenters. The number of esters is 1. The van der Waals surface area contributed by atoms with E-state index in [2.05, 4.69) is 76.7 Å². The Morgan fingerprint density at radius 1 is 1.21 bits per heavy atom.